The summed E-state index contributed by atoms with van der Waals surface area (Å²) in [6.07, 6.45) is 13.3. The van der Waals surface area contributed by atoms with Crippen LogP contribution in [0.4, 0.5) is 0 Å². The molecule has 0 radical (unpaired) electrons. The largest absolute Gasteiger partial charge is 0.227 e. The lowest BCUT2D eigenvalue weighted by molar-refractivity contribution is 1.02. The van der Waals surface area contributed by atoms with E-state index in [0.717, 1.165) is 5.57 Å². The van der Waals surface area contributed by atoms with Crippen molar-refractivity contribution in [3.8, 4) is 0 Å². The molecule has 0 unspecified atom stereocenters. The molecule has 2 rings (SSSR count). The molecule has 0 aromatic carbocycles. The van der Waals surface area contributed by atoms with E-state index in [4.69, 9.17) is 23.2 Å². The molecule has 1 aliphatic rings. The number of aromatic nitrogens is 3. The van der Waals surface area contributed by atoms with Crippen molar-refractivity contribution in [2.45, 2.75) is 0 Å². The van der Waals surface area contributed by atoms with Crippen LogP contribution in [0.1, 0.15) is 5.82 Å². The highest BCUT2D eigenvalue weighted by atomic mass is 35.5. The first-order valence-electron chi connectivity index (χ1n) is 4.55. The minimum atomic E-state index is 0.0888. The van der Waals surface area contributed by atoms with Crippen molar-refractivity contribution >= 4 is 28.8 Å². The second-order valence-corrected chi connectivity index (χ2v) is 3.62. The normalized spacial score (nSPS) is 18.5. The molecule has 1 aliphatic carbocycles. The van der Waals surface area contributed by atoms with Crippen molar-refractivity contribution in [1.82, 2.24) is 15.0 Å². The smallest absolute Gasteiger partial charge is 0.198 e. The summed E-state index contributed by atoms with van der Waals surface area (Å²) < 4.78 is 0. The minimum absolute atomic E-state index is 0.0888. The Balaban J connectivity index is 2.43. The van der Waals surface area contributed by atoms with E-state index in [1.54, 1.807) is 0 Å². The third-order valence-electron chi connectivity index (χ3n) is 1.84. The Hall–Kier alpha value is -1.45. The highest BCUT2D eigenvalue weighted by Gasteiger charge is 2.05. The number of nitrogens with zero attached hydrogens (tertiary/aromatic N) is 3. The number of halogens is 2. The van der Waals surface area contributed by atoms with Gasteiger partial charge < -0.3 is 0 Å². The fourth-order valence-corrected chi connectivity index (χ4v) is 1.53. The lowest BCUT2D eigenvalue weighted by Crippen LogP contribution is -1.96. The van der Waals surface area contributed by atoms with Crippen molar-refractivity contribution in [3.05, 3.63) is 58.9 Å². The first-order chi connectivity index (χ1) is 7.75. The Kier molecular flexibility index (Phi) is 3.49. The predicted octanol–water partition coefficient (Wildman–Crippen LogP) is 3.24. The van der Waals surface area contributed by atoms with E-state index in [1.165, 1.54) is 0 Å². The zero-order valence-electron chi connectivity index (χ0n) is 8.14. The van der Waals surface area contributed by atoms with Crippen molar-refractivity contribution in [2.24, 2.45) is 0 Å². The molecule has 1 aromatic rings. The Morgan fingerprint density at radius 3 is 2.12 bits per heavy atom. The van der Waals surface area contributed by atoms with E-state index in [1.807, 2.05) is 42.5 Å². The third-order valence-corrected chi connectivity index (χ3v) is 2.17. The molecule has 0 bridgehead atoms. The van der Waals surface area contributed by atoms with Gasteiger partial charge in [-0.3, -0.25) is 0 Å². The maximum atomic E-state index is 5.71. The molecule has 3 nitrogen and oxygen atoms in total. The van der Waals surface area contributed by atoms with Crippen LogP contribution >= 0.6 is 23.2 Å². The molecule has 0 saturated heterocycles. The van der Waals surface area contributed by atoms with Gasteiger partial charge in [0.2, 0.25) is 10.6 Å². The molecule has 16 heavy (non-hydrogen) atoms. The Bertz CT molecular complexity index is 496. The zero-order valence-corrected chi connectivity index (χ0v) is 9.65. The quantitative estimate of drug-likeness (QED) is 0.770. The monoisotopic (exact) mass is 251 g/mol. The molecule has 0 saturated carbocycles. The molecule has 1 aromatic heterocycles. The van der Waals surface area contributed by atoms with Gasteiger partial charge in [-0.05, 0) is 23.2 Å². The van der Waals surface area contributed by atoms with Crippen molar-refractivity contribution < 1.29 is 0 Å². The van der Waals surface area contributed by atoms with E-state index < -0.39 is 0 Å². The topological polar surface area (TPSA) is 38.7 Å². The average molecular weight is 252 g/mol. The van der Waals surface area contributed by atoms with Crippen LogP contribution in [0, 0.1) is 0 Å². The molecular formula is C11H7Cl2N3. The molecule has 0 fully saturated rings. The number of hydrogen-bond donors (Lipinski definition) is 0. The molecule has 80 valence electrons. The lowest BCUT2D eigenvalue weighted by Gasteiger charge is -2.01. The zero-order chi connectivity index (χ0) is 11.4. The highest BCUT2D eigenvalue weighted by molar-refractivity contribution is 6.31. The van der Waals surface area contributed by atoms with Crippen LogP contribution < -0.4 is 0 Å². The summed E-state index contributed by atoms with van der Waals surface area (Å²) in [5.74, 6) is 0.459. The summed E-state index contributed by atoms with van der Waals surface area (Å²) in [4.78, 5) is 11.7. The summed E-state index contributed by atoms with van der Waals surface area (Å²) in [6, 6.07) is 0. The van der Waals surface area contributed by atoms with Crippen LogP contribution in [-0.4, -0.2) is 15.0 Å². The van der Waals surface area contributed by atoms with Gasteiger partial charge in [0, 0.05) is 5.57 Å². The molecular weight excluding hydrogens is 245 g/mol. The number of hydrogen-bond acceptors (Lipinski definition) is 3. The van der Waals surface area contributed by atoms with Gasteiger partial charge in [0.15, 0.2) is 5.82 Å². The standard InChI is InChI=1S/C11H7Cl2N3/c12-10-14-9(15-11(13)16-10)8-6-4-2-1-3-5-7-8/h1-7H/b2-1-,3-1?,4-2?,5-3-,6-4?,7-5?,8-6?,8-7?. The SMILES string of the molecule is Clc1nc(Cl)nc(C2=C/C=C\C=C/C=C2)n1. The van der Waals surface area contributed by atoms with E-state index in [-0.39, 0.29) is 10.6 Å². The number of allylic oxidation sites excluding steroid dienone is 8. The fourth-order valence-electron chi connectivity index (χ4n) is 1.17. The van der Waals surface area contributed by atoms with Crippen molar-refractivity contribution in [3.63, 3.8) is 0 Å². The van der Waals surface area contributed by atoms with Gasteiger partial charge in [0.25, 0.3) is 0 Å². The average Bonchev–Trinajstić information content (AvgIpc) is 2.14. The van der Waals surface area contributed by atoms with Gasteiger partial charge in [-0.25, -0.2) is 0 Å². The number of rotatable bonds is 1. The summed E-state index contributed by atoms with van der Waals surface area (Å²) >= 11 is 11.4. The van der Waals surface area contributed by atoms with Crippen LogP contribution in [0.25, 0.3) is 5.57 Å². The molecule has 0 amide bonds. The van der Waals surface area contributed by atoms with Gasteiger partial charge in [-0.15, -0.1) is 0 Å². The van der Waals surface area contributed by atoms with Crippen LogP contribution in [0.2, 0.25) is 10.6 Å². The van der Waals surface area contributed by atoms with E-state index in [9.17, 15) is 0 Å². The van der Waals surface area contributed by atoms with E-state index >= 15 is 0 Å². The van der Waals surface area contributed by atoms with Crippen LogP contribution in [0.3, 0.4) is 0 Å². The summed E-state index contributed by atoms with van der Waals surface area (Å²) in [7, 11) is 0. The van der Waals surface area contributed by atoms with Crippen molar-refractivity contribution in [2.75, 3.05) is 0 Å². The van der Waals surface area contributed by atoms with Gasteiger partial charge in [-0.1, -0.05) is 42.5 Å². The lowest BCUT2D eigenvalue weighted by atomic mass is 10.2. The molecule has 0 N–H and O–H groups in total. The summed E-state index contributed by atoms with van der Waals surface area (Å²) in [6.45, 7) is 0. The van der Waals surface area contributed by atoms with E-state index in [2.05, 4.69) is 15.0 Å². The Morgan fingerprint density at radius 1 is 0.750 bits per heavy atom. The highest BCUT2D eigenvalue weighted by Crippen LogP contribution is 2.16. The second-order valence-electron chi connectivity index (χ2n) is 2.95. The molecule has 0 aliphatic heterocycles. The summed E-state index contributed by atoms with van der Waals surface area (Å²) in [5.41, 5.74) is 0.826. The fraction of sp³-hybridized carbons (Fsp3) is 0. The maximum Gasteiger partial charge on any atom is 0.227 e. The molecule has 0 atom stereocenters. The predicted molar refractivity (Wildman–Crippen MR) is 65.2 cm³/mol. The van der Waals surface area contributed by atoms with Gasteiger partial charge in [0.1, 0.15) is 0 Å². The van der Waals surface area contributed by atoms with E-state index in [0.29, 0.717) is 5.82 Å². The minimum Gasteiger partial charge on any atom is -0.198 e. The van der Waals surface area contributed by atoms with Gasteiger partial charge >= 0.3 is 0 Å². The Morgan fingerprint density at radius 2 is 1.38 bits per heavy atom. The Labute approximate surface area is 103 Å². The molecule has 1 heterocycles. The first-order valence-corrected chi connectivity index (χ1v) is 5.30. The van der Waals surface area contributed by atoms with Crippen LogP contribution in [0.15, 0.2) is 42.5 Å². The van der Waals surface area contributed by atoms with Crippen LogP contribution in [0.5, 0.6) is 0 Å². The van der Waals surface area contributed by atoms with Crippen LogP contribution in [-0.2, 0) is 0 Å². The maximum absolute atomic E-state index is 5.71. The molecule has 0 spiro atoms. The summed E-state index contributed by atoms with van der Waals surface area (Å²) in [5, 5.41) is 0.178. The third kappa shape index (κ3) is 2.78. The first kappa shape index (κ1) is 11.0. The second kappa shape index (κ2) is 5.05. The molecule has 5 heteroatoms. The van der Waals surface area contributed by atoms with Crippen molar-refractivity contribution in [1.29, 1.82) is 0 Å². The van der Waals surface area contributed by atoms with Gasteiger partial charge in [0.05, 0.1) is 0 Å². The van der Waals surface area contributed by atoms with Gasteiger partial charge in [-0.2, -0.15) is 15.0 Å².